The van der Waals surface area contributed by atoms with Gasteiger partial charge in [-0.05, 0) is 53.0 Å². The van der Waals surface area contributed by atoms with Crippen molar-refractivity contribution in [2.24, 2.45) is 5.92 Å². The molecular formula is C21H32N2O4. The first-order valence-electron chi connectivity index (χ1n) is 9.90. The highest BCUT2D eigenvalue weighted by Gasteiger charge is 2.40. The molecule has 150 valence electrons. The number of hydrogen-bond acceptors (Lipinski definition) is 4. The molecule has 1 aliphatic carbocycles. The summed E-state index contributed by atoms with van der Waals surface area (Å²) in [5.74, 6) is -0.666. The Hall–Kier alpha value is -2.11. The fourth-order valence-corrected chi connectivity index (χ4v) is 3.79. The van der Waals surface area contributed by atoms with Gasteiger partial charge in [-0.15, -0.1) is 0 Å². The SMILES string of the molecule is CCOC(=O)c1c(C)c(C(=O)C(C)N(C(=O)C(C)C)C2CC2)c(C)n1CC. The third-order valence-electron chi connectivity index (χ3n) is 5.28. The van der Waals surface area contributed by atoms with Gasteiger partial charge < -0.3 is 14.2 Å². The lowest BCUT2D eigenvalue weighted by Crippen LogP contribution is -2.46. The zero-order valence-electron chi connectivity index (χ0n) is 17.6. The molecule has 2 rings (SSSR count). The molecular weight excluding hydrogens is 344 g/mol. The molecule has 0 bridgehead atoms. The zero-order valence-corrected chi connectivity index (χ0v) is 17.6. The average Bonchev–Trinajstić information content (AvgIpc) is 3.39. The van der Waals surface area contributed by atoms with E-state index in [0.717, 1.165) is 18.5 Å². The Balaban J connectivity index is 2.46. The third-order valence-corrected chi connectivity index (χ3v) is 5.28. The molecule has 1 amide bonds. The first kappa shape index (κ1) is 21.2. The number of carbonyl (C=O) groups is 3. The number of aromatic nitrogens is 1. The van der Waals surface area contributed by atoms with E-state index in [0.29, 0.717) is 23.4 Å². The minimum absolute atomic E-state index is 0.00852. The summed E-state index contributed by atoms with van der Waals surface area (Å²) in [5, 5.41) is 0. The van der Waals surface area contributed by atoms with E-state index in [-0.39, 0.29) is 30.3 Å². The van der Waals surface area contributed by atoms with Gasteiger partial charge in [0.15, 0.2) is 5.78 Å². The van der Waals surface area contributed by atoms with Crippen LogP contribution in [0.2, 0.25) is 0 Å². The van der Waals surface area contributed by atoms with Crippen molar-refractivity contribution in [3.63, 3.8) is 0 Å². The van der Waals surface area contributed by atoms with Crippen LogP contribution in [0.4, 0.5) is 0 Å². The summed E-state index contributed by atoms with van der Waals surface area (Å²) in [5.41, 5.74) is 2.36. The molecule has 1 atom stereocenters. The first-order valence-corrected chi connectivity index (χ1v) is 9.90. The molecule has 6 heteroatoms. The van der Waals surface area contributed by atoms with E-state index in [9.17, 15) is 14.4 Å². The molecule has 0 spiro atoms. The Morgan fingerprint density at radius 1 is 1.15 bits per heavy atom. The van der Waals surface area contributed by atoms with E-state index in [1.165, 1.54) is 0 Å². The molecule has 27 heavy (non-hydrogen) atoms. The lowest BCUT2D eigenvalue weighted by atomic mass is 9.98. The Labute approximate surface area is 161 Å². The molecule has 1 fully saturated rings. The topological polar surface area (TPSA) is 68.6 Å². The smallest absolute Gasteiger partial charge is 0.355 e. The number of hydrogen-bond donors (Lipinski definition) is 0. The summed E-state index contributed by atoms with van der Waals surface area (Å²) < 4.78 is 7.02. The van der Waals surface area contributed by atoms with Gasteiger partial charge in [0.05, 0.1) is 12.6 Å². The van der Waals surface area contributed by atoms with Crippen molar-refractivity contribution >= 4 is 17.7 Å². The van der Waals surface area contributed by atoms with Gasteiger partial charge in [0.2, 0.25) is 5.91 Å². The molecule has 6 nitrogen and oxygen atoms in total. The van der Waals surface area contributed by atoms with E-state index < -0.39 is 12.0 Å². The number of ether oxygens (including phenoxy) is 1. The second kappa shape index (κ2) is 8.28. The predicted octanol–water partition coefficient (Wildman–Crippen LogP) is 3.52. The lowest BCUT2D eigenvalue weighted by Gasteiger charge is -2.30. The van der Waals surface area contributed by atoms with Gasteiger partial charge in [-0.25, -0.2) is 4.79 Å². The van der Waals surface area contributed by atoms with Crippen LogP contribution in [0.5, 0.6) is 0 Å². The molecule has 1 aromatic rings. The lowest BCUT2D eigenvalue weighted by molar-refractivity contribution is -0.136. The fraction of sp³-hybridized carbons (Fsp3) is 0.667. The van der Waals surface area contributed by atoms with Gasteiger partial charge >= 0.3 is 5.97 Å². The maximum absolute atomic E-state index is 13.4. The van der Waals surface area contributed by atoms with Gasteiger partial charge in [0.25, 0.3) is 0 Å². The first-order chi connectivity index (χ1) is 12.7. The van der Waals surface area contributed by atoms with Crippen LogP contribution in [-0.4, -0.2) is 45.8 Å². The number of nitrogens with zero attached hydrogens (tertiary/aromatic N) is 2. The van der Waals surface area contributed by atoms with Crippen LogP contribution in [0.15, 0.2) is 0 Å². The number of ketones is 1. The Morgan fingerprint density at radius 2 is 1.74 bits per heavy atom. The van der Waals surface area contributed by atoms with Crippen LogP contribution in [-0.2, 0) is 16.1 Å². The third kappa shape index (κ3) is 3.94. The highest BCUT2D eigenvalue weighted by molar-refractivity contribution is 6.06. The Morgan fingerprint density at radius 3 is 2.19 bits per heavy atom. The summed E-state index contributed by atoms with van der Waals surface area (Å²) in [7, 11) is 0. The van der Waals surface area contributed by atoms with E-state index in [4.69, 9.17) is 4.74 Å². The van der Waals surface area contributed by atoms with Gasteiger partial charge in [0, 0.05) is 29.8 Å². The maximum atomic E-state index is 13.4. The zero-order chi connectivity index (χ0) is 20.5. The number of amides is 1. The maximum Gasteiger partial charge on any atom is 0.355 e. The van der Waals surface area contributed by atoms with Crippen molar-refractivity contribution in [1.82, 2.24) is 9.47 Å². The minimum Gasteiger partial charge on any atom is -0.461 e. The van der Waals surface area contributed by atoms with E-state index in [1.807, 2.05) is 32.3 Å². The minimum atomic E-state index is -0.549. The van der Waals surface area contributed by atoms with E-state index in [1.54, 1.807) is 25.7 Å². The van der Waals surface area contributed by atoms with E-state index >= 15 is 0 Å². The second-order valence-corrected chi connectivity index (χ2v) is 7.57. The average molecular weight is 376 g/mol. The number of carbonyl (C=O) groups excluding carboxylic acids is 3. The molecule has 1 unspecified atom stereocenters. The Bertz CT molecular complexity index is 744. The molecule has 0 saturated heterocycles. The summed E-state index contributed by atoms with van der Waals surface area (Å²) in [6, 6.07) is -0.398. The molecule has 0 aromatic carbocycles. The fourth-order valence-electron chi connectivity index (χ4n) is 3.79. The normalized spacial score (nSPS) is 15.0. The second-order valence-electron chi connectivity index (χ2n) is 7.57. The standard InChI is InChI=1S/C21H32N2O4/c1-8-22-14(6)17(13(5)18(22)21(26)27-9-2)19(24)15(7)23(16-10-11-16)20(25)12(3)4/h12,15-16H,8-11H2,1-7H3. The largest absolute Gasteiger partial charge is 0.461 e. The molecule has 1 heterocycles. The quantitative estimate of drug-likeness (QED) is 0.514. The summed E-state index contributed by atoms with van der Waals surface area (Å²) in [4.78, 5) is 40.3. The van der Waals surface area contributed by atoms with Gasteiger partial charge in [-0.3, -0.25) is 9.59 Å². The van der Waals surface area contributed by atoms with Crippen molar-refractivity contribution in [3.8, 4) is 0 Å². The predicted molar refractivity (Wildman–Crippen MR) is 104 cm³/mol. The highest BCUT2D eigenvalue weighted by atomic mass is 16.5. The highest BCUT2D eigenvalue weighted by Crippen LogP contribution is 2.32. The monoisotopic (exact) mass is 376 g/mol. The molecule has 0 N–H and O–H groups in total. The summed E-state index contributed by atoms with van der Waals surface area (Å²) in [6.45, 7) is 13.7. The van der Waals surface area contributed by atoms with Gasteiger partial charge in [0.1, 0.15) is 5.69 Å². The molecule has 1 aliphatic rings. The van der Waals surface area contributed by atoms with Crippen LogP contribution in [0.3, 0.4) is 0 Å². The number of Topliss-reactive ketones (excluding diaryl/α,β-unsaturated/α-hetero) is 1. The van der Waals surface area contributed by atoms with Crippen LogP contribution in [0, 0.1) is 19.8 Å². The van der Waals surface area contributed by atoms with E-state index in [2.05, 4.69) is 0 Å². The Kier molecular flexibility index (Phi) is 6.50. The number of rotatable bonds is 8. The van der Waals surface area contributed by atoms with Crippen molar-refractivity contribution in [2.45, 2.75) is 79.9 Å². The summed E-state index contributed by atoms with van der Waals surface area (Å²) in [6.07, 6.45) is 1.89. The van der Waals surface area contributed by atoms with Crippen LogP contribution in [0.25, 0.3) is 0 Å². The van der Waals surface area contributed by atoms with Crippen molar-refractivity contribution in [2.75, 3.05) is 6.61 Å². The van der Waals surface area contributed by atoms with Crippen molar-refractivity contribution < 1.29 is 19.1 Å². The number of esters is 1. The van der Waals surface area contributed by atoms with Crippen molar-refractivity contribution in [3.05, 3.63) is 22.5 Å². The van der Waals surface area contributed by atoms with Crippen molar-refractivity contribution in [1.29, 1.82) is 0 Å². The summed E-state index contributed by atoms with van der Waals surface area (Å²) >= 11 is 0. The molecule has 0 radical (unpaired) electrons. The van der Waals surface area contributed by atoms with Gasteiger partial charge in [-0.2, -0.15) is 0 Å². The van der Waals surface area contributed by atoms with Crippen LogP contribution < -0.4 is 0 Å². The van der Waals surface area contributed by atoms with Crippen LogP contribution >= 0.6 is 0 Å². The molecule has 1 saturated carbocycles. The molecule has 0 aliphatic heterocycles. The van der Waals surface area contributed by atoms with Crippen LogP contribution in [0.1, 0.15) is 79.6 Å². The van der Waals surface area contributed by atoms with Gasteiger partial charge in [-0.1, -0.05) is 13.8 Å². The molecule has 1 aromatic heterocycles.